The van der Waals surface area contributed by atoms with E-state index in [4.69, 9.17) is 0 Å². The molecule has 2 nitrogen and oxygen atoms in total. The first-order valence-electron chi connectivity index (χ1n) is 8.41. The molecule has 0 radical (unpaired) electrons. The number of hydrogen-bond acceptors (Lipinski definition) is 2. The maximum absolute atomic E-state index is 3.47. The SMILES string of the molecule is Cl.Cl.c1ccc(C(CN2CCNCC2)C2CCCCC2)cc1. The third kappa shape index (κ3) is 5.42. The Morgan fingerprint density at radius 2 is 1.59 bits per heavy atom. The van der Waals surface area contributed by atoms with Crippen molar-refractivity contribution in [2.24, 2.45) is 5.92 Å². The summed E-state index contributed by atoms with van der Waals surface area (Å²) in [5, 5.41) is 3.47. The summed E-state index contributed by atoms with van der Waals surface area (Å²) in [6.45, 7) is 6.01. The molecule has 1 aliphatic heterocycles. The number of rotatable bonds is 4. The molecule has 1 saturated heterocycles. The van der Waals surface area contributed by atoms with E-state index in [-0.39, 0.29) is 24.8 Å². The van der Waals surface area contributed by atoms with Gasteiger partial charge in [-0.05, 0) is 30.2 Å². The van der Waals surface area contributed by atoms with Crippen LogP contribution in [0.15, 0.2) is 30.3 Å². The summed E-state index contributed by atoms with van der Waals surface area (Å²) in [7, 11) is 0. The normalized spacial score (nSPS) is 21.5. The van der Waals surface area contributed by atoms with Gasteiger partial charge in [0, 0.05) is 32.7 Å². The van der Waals surface area contributed by atoms with Crippen LogP contribution in [-0.4, -0.2) is 37.6 Å². The summed E-state index contributed by atoms with van der Waals surface area (Å²) in [6.07, 6.45) is 7.20. The highest BCUT2D eigenvalue weighted by Crippen LogP contribution is 2.36. The average Bonchev–Trinajstić information content (AvgIpc) is 2.55. The Kier molecular flexibility index (Phi) is 9.42. The molecule has 1 N–H and O–H groups in total. The molecule has 2 aliphatic rings. The first kappa shape index (κ1) is 19.8. The van der Waals surface area contributed by atoms with E-state index in [0.717, 1.165) is 24.9 Å². The molecule has 1 aliphatic carbocycles. The van der Waals surface area contributed by atoms with Crippen molar-refractivity contribution >= 4 is 24.8 Å². The molecule has 1 saturated carbocycles. The van der Waals surface area contributed by atoms with Gasteiger partial charge in [0.1, 0.15) is 0 Å². The molecule has 2 fully saturated rings. The maximum atomic E-state index is 3.47. The first-order valence-corrected chi connectivity index (χ1v) is 8.41. The number of nitrogens with one attached hydrogen (secondary N) is 1. The van der Waals surface area contributed by atoms with Crippen molar-refractivity contribution in [2.75, 3.05) is 32.7 Å². The topological polar surface area (TPSA) is 15.3 Å². The zero-order valence-corrected chi connectivity index (χ0v) is 15.0. The van der Waals surface area contributed by atoms with E-state index in [9.17, 15) is 0 Å². The molecular formula is C18H30Cl2N2. The average molecular weight is 345 g/mol. The summed E-state index contributed by atoms with van der Waals surface area (Å²) in [5.74, 6) is 1.65. The highest BCUT2D eigenvalue weighted by atomic mass is 35.5. The van der Waals surface area contributed by atoms with Crippen LogP contribution in [0.25, 0.3) is 0 Å². The number of hydrogen-bond donors (Lipinski definition) is 1. The van der Waals surface area contributed by atoms with Gasteiger partial charge in [-0.3, -0.25) is 0 Å². The maximum Gasteiger partial charge on any atom is 0.0108 e. The van der Waals surface area contributed by atoms with Crippen molar-refractivity contribution in [1.82, 2.24) is 10.2 Å². The fraction of sp³-hybridized carbons (Fsp3) is 0.667. The largest absolute Gasteiger partial charge is 0.314 e. The van der Waals surface area contributed by atoms with Crippen LogP contribution < -0.4 is 5.32 Å². The second kappa shape index (κ2) is 10.5. The highest BCUT2D eigenvalue weighted by Gasteiger charge is 2.27. The molecule has 0 amide bonds. The summed E-state index contributed by atoms with van der Waals surface area (Å²) < 4.78 is 0. The van der Waals surface area contributed by atoms with E-state index in [1.54, 1.807) is 5.56 Å². The van der Waals surface area contributed by atoms with Gasteiger partial charge in [-0.2, -0.15) is 0 Å². The molecule has 0 bridgehead atoms. The van der Waals surface area contributed by atoms with Gasteiger partial charge in [-0.15, -0.1) is 24.8 Å². The smallest absolute Gasteiger partial charge is 0.0108 e. The van der Waals surface area contributed by atoms with Gasteiger partial charge in [-0.1, -0.05) is 49.6 Å². The van der Waals surface area contributed by atoms with E-state index in [0.29, 0.717) is 0 Å². The van der Waals surface area contributed by atoms with Crippen molar-refractivity contribution < 1.29 is 0 Å². The van der Waals surface area contributed by atoms with E-state index < -0.39 is 0 Å². The molecule has 0 spiro atoms. The third-order valence-electron chi connectivity index (χ3n) is 5.11. The summed E-state index contributed by atoms with van der Waals surface area (Å²) in [5.41, 5.74) is 1.57. The van der Waals surface area contributed by atoms with Crippen LogP contribution in [0.2, 0.25) is 0 Å². The highest BCUT2D eigenvalue weighted by molar-refractivity contribution is 5.85. The van der Waals surface area contributed by atoms with E-state index in [1.807, 2.05) is 0 Å². The monoisotopic (exact) mass is 344 g/mol. The molecule has 1 heterocycles. The fourth-order valence-corrected chi connectivity index (χ4v) is 3.94. The Labute approximate surface area is 147 Å². The van der Waals surface area contributed by atoms with Crippen molar-refractivity contribution in [3.8, 4) is 0 Å². The lowest BCUT2D eigenvalue weighted by atomic mass is 9.76. The Hall–Kier alpha value is -0.280. The van der Waals surface area contributed by atoms with E-state index in [1.165, 1.54) is 51.7 Å². The summed E-state index contributed by atoms with van der Waals surface area (Å²) in [4.78, 5) is 2.67. The number of nitrogens with zero attached hydrogens (tertiary/aromatic N) is 1. The Morgan fingerprint density at radius 1 is 0.955 bits per heavy atom. The van der Waals surface area contributed by atoms with Crippen LogP contribution in [0, 0.1) is 5.92 Å². The quantitative estimate of drug-likeness (QED) is 0.884. The number of halogens is 2. The van der Waals surface area contributed by atoms with Gasteiger partial charge in [0.15, 0.2) is 0 Å². The lowest BCUT2D eigenvalue weighted by Gasteiger charge is -2.36. The van der Waals surface area contributed by atoms with Crippen LogP contribution in [-0.2, 0) is 0 Å². The molecular weight excluding hydrogens is 315 g/mol. The van der Waals surface area contributed by atoms with Crippen LogP contribution >= 0.6 is 24.8 Å². The Balaban J connectivity index is 0.00000121. The standard InChI is InChI=1S/C18H28N2.2ClH/c1-3-7-16(8-4-1)18(17-9-5-2-6-10-17)15-20-13-11-19-12-14-20;;/h1,3-4,7-8,17-19H,2,5-6,9-15H2;2*1H. The summed E-state index contributed by atoms with van der Waals surface area (Å²) in [6, 6.07) is 11.3. The molecule has 22 heavy (non-hydrogen) atoms. The molecule has 1 unspecified atom stereocenters. The number of benzene rings is 1. The lowest BCUT2D eigenvalue weighted by molar-refractivity contribution is 0.187. The van der Waals surface area contributed by atoms with Crippen LogP contribution in [0.4, 0.5) is 0 Å². The predicted molar refractivity (Wildman–Crippen MR) is 99.6 cm³/mol. The zero-order valence-electron chi connectivity index (χ0n) is 13.4. The van der Waals surface area contributed by atoms with Gasteiger partial charge >= 0.3 is 0 Å². The van der Waals surface area contributed by atoms with Crippen molar-refractivity contribution in [3.05, 3.63) is 35.9 Å². The van der Waals surface area contributed by atoms with Crippen molar-refractivity contribution in [2.45, 2.75) is 38.0 Å². The van der Waals surface area contributed by atoms with Crippen molar-refractivity contribution in [1.29, 1.82) is 0 Å². The lowest BCUT2D eigenvalue weighted by Crippen LogP contribution is -2.45. The van der Waals surface area contributed by atoms with E-state index >= 15 is 0 Å². The Morgan fingerprint density at radius 3 is 2.23 bits per heavy atom. The number of piperazine rings is 1. The van der Waals surface area contributed by atoms with Gasteiger partial charge in [0.05, 0.1) is 0 Å². The minimum atomic E-state index is 0. The molecule has 1 atom stereocenters. The van der Waals surface area contributed by atoms with Gasteiger partial charge in [0.25, 0.3) is 0 Å². The first-order chi connectivity index (χ1) is 9.93. The second-order valence-corrected chi connectivity index (χ2v) is 6.47. The zero-order chi connectivity index (χ0) is 13.6. The third-order valence-corrected chi connectivity index (χ3v) is 5.11. The molecule has 126 valence electrons. The Bertz CT molecular complexity index is 387. The molecule has 4 heteroatoms. The summed E-state index contributed by atoms with van der Waals surface area (Å²) >= 11 is 0. The minimum Gasteiger partial charge on any atom is -0.314 e. The molecule has 1 aromatic rings. The van der Waals surface area contributed by atoms with Crippen LogP contribution in [0.3, 0.4) is 0 Å². The van der Waals surface area contributed by atoms with Gasteiger partial charge in [0.2, 0.25) is 0 Å². The van der Waals surface area contributed by atoms with Gasteiger partial charge in [-0.25, -0.2) is 0 Å². The molecule has 0 aromatic heterocycles. The molecule has 1 aromatic carbocycles. The minimum absolute atomic E-state index is 0. The molecule has 3 rings (SSSR count). The second-order valence-electron chi connectivity index (χ2n) is 6.47. The van der Waals surface area contributed by atoms with Crippen LogP contribution in [0.1, 0.15) is 43.6 Å². The fourth-order valence-electron chi connectivity index (χ4n) is 3.94. The predicted octanol–water partition coefficient (Wildman–Crippen LogP) is 4.10. The van der Waals surface area contributed by atoms with Crippen molar-refractivity contribution in [3.63, 3.8) is 0 Å². The van der Waals surface area contributed by atoms with E-state index in [2.05, 4.69) is 40.5 Å². The van der Waals surface area contributed by atoms with Gasteiger partial charge < -0.3 is 10.2 Å². The van der Waals surface area contributed by atoms with Crippen LogP contribution in [0.5, 0.6) is 0 Å².